The minimum atomic E-state index is -3.58. The number of hydrogen-bond acceptors (Lipinski definition) is 5. The van der Waals surface area contributed by atoms with Gasteiger partial charge in [0.15, 0.2) is 11.5 Å². The first-order valence-corrected chi connectivity index (χ1v) is 13.4. The molecule has 3 aromatic carbocycles. The highest BCUT2D eigenvalue weighted by molar-refractivity contribution is 7.69. The fraction of sp³-hybridized carbons (Fsp3) is 0.259. The number of aryl methyl sites for hydroxylation is 1. The van der Waals surface area contributed by atoms with Gasteiger partial charge in [0, 0.05) is 37.0 Å². The van der Waals surface area contributed by atoms with E-state index in [4.69, 9.17) is 9.47 Å². The number of ether oxygens (including phenoxy) is 2. The molecule has 2 aliphatic heterocycles. The van der Waals surface area contributed by atoms with E-state index in [1.807, 2.05) is 76.9 Å². The standard InChI is InChI=1S/C27H28N3O5P/c1-19-16-22(17-23(34-2)26(19)35-3)30-25(31)18-24(27(30)32)36(33)28(20-10-6-4-7-11-20)14-15-29(36)21-12-8-5-9-13-21/h4-13,16-17,24H,14-15,18H2,1-3H3. The van der Waals surface area contributed by atoms with Gasteiger partial charge in [-0.15, -0.1) is 0 Å². The predicted octanol–water partition coefficient (Wildman–Crippen LogP) is 4.86. The summed E-state index contributed by atoms with van der Waals surface area (Å²) >= 11 is 0. The molecule has 0 aliphatic carbocycles. The lowest BCUT2D eigenvalue weighted by atomic mass is 10.1. The first kappa shape index (κ1) is 23.9. The van der Waals surface area contributed by atoms with Crippen molar-refractivity contribution in [1.29, 1.82) is 0 Å². The Balaban J connectivity index is 1.59. The Morgan fingerprint density at radius 1 is 0.806 bits per heavy atom. The monoisotopic (exact) mass is 505 g/mol. The Hall–Kier alpha value is -3.77. The van der Waals surface area contributed by atoms with Crippen molar-refractivity contribution in [2.24, 2.45) is 0 Å². The minimum absolute atomic E-state index is 0.143. The number of anilines is 3. The maximum atomic E-state index is 15.1. The second-order valence-electron chi connectivity index (χ2n) is 8.79. The number of nitrogens with zero attached hydrogens (tertiary/aromatic N) is 3. The van der Waals surface area contributed by atoms with Crippen LogP contribution in [0.1, 0.15) is 12.0 Å². The molecule has 36 heavy (non-hydrogen) atoms. The second-order valence-corrected chi connectivity index (χ2v) is 11.6. The van der Waals surface area contributed by atoms with E-state index in [9.17, 15) is 9.59 Å². The molecule has 8 nitrogen and oxygen atoms in total. The van der Waals surface area contributed by atoms with E-state index in [0.29, 0.717) is 30.3 Å². The van der Waals surface area contributed by atoms with E-state index in [1.54, 1.807) is 12.1 Å². The van der Waals surface area contributed by atoms with Crippen molar-refractivity contribution < 1.29 is 23.6 Å². The van der Waals surface area contributed by atoms with Gasteiger partial charge in [-0.3, -0.25) is 14.2 Å². The number of carbonyl (C=O) groups is 2. The van der Waals surface area contributed by atoms with E-state index in [0.717, 1.165) is 21.8 Å². The summed E-state index contributed by atoms with van der Waals surface area (Å²) < 4.78 is 29.6. The predicted molar refractivity (Wildman–Crippen MR) is 140 cm³/mol. The van der Waals surface area contributed by atoms with Crippen molar-refractivity contribution in [2.45, 2.75) is 19.0 Å². The van der Waals surface area contributed by atoms with Gasteiger partial charge >= 0.3 is 0 Å². The van der Waals surface area contributed by atoms with Gasteiger partial charge in [-0.25, -0.2) is 4.90 Å². The molecule has 2 fully saturated rings. The zero-order valence-electron chi connectivity index (χ0n) is 20.5. The highest BCUT2D eigenvalue weighted by atomic mass is 31.2. The molecule has 2 amide bonds. The Bertz CT molecular complexity index is 1300. The van der Waals surface area contributed by atoms with Crippen LogP contribution in [0.2, 0.25) is 0 Å². The van der Waals surface area contributed by atoms with Crippen molar-refractivity contribution >= 4 is 36.3 Å². The first-order valence-electron chi connectivity index (χ1n) is 11.8. The van der Waals surface area contributed by atoms with Crippen LogP contribution in [-0.2, 0) is 14.2 Å². The largest absolute Gasteiger partial charge is 0.493 e. The molecule has 0 spiro atoms. The van der Waals surface area contributed by atoms with Crippen LogP contribution in [0.5, 0.6) is 11.5 Å². The lowest BCUT2D eigenvalue weighted by molar-refractivity contribution is -0.121. The molecular weight excluding hydrogens is 477 g/mol. The number of amides is 2. The zero-order valence-corrected chi connectivity index (χ0v) is 21.4. The van der Waals surface area contributed by atoms with Crippen LogP contribution in [0, 0.1) is 6.92 Å². The Morgan fingerprint density at radius 3 is 1.86 bits per heavy atom. The molecule has 1 unspecified atom stereocenters. The number of benzene rings is 3. The molecule has 3 aromatic rings. The van der Waals surface area contributed by atoms with Crippen molar-refractivity contribution in [3.05, 3.63) is 78.4 Å². The molecule has 1 atom stereocenters. The van der Waals surface area contributed by atoms with Gasteiger partial charge < -0.3 is 18.8 Å². The van der Waals surface area contributed by atoms with E-state index < -0.39 is 19.0 Å². The number of hydrogen-bond donors (Lipinski definition) is 0. The molecule has 0 aromatic heterocycles. The quantitative estimate of drug-likeness (QED) is 0.350. The number of imide groups is 1. The lowest BCUT2D eigenvalue weighted by Crippen LogP contribution is -2.36. The third-order valence-corrected chi connectivity index (χ3v) is 10.2. The molecule has 0 radical (unpaired) electrons. The van der Waals surface area contributed by atoms with Gasteiger partial charge in [0.1, 0.15) is 5.66 Å². The summed E-state index contributed by atoms with van der Waals surface area (Å²) in [7, 11) is -0.540. The normalized spacial score (nSPS) is 19.2. The van der Waals surface area contributed by atoms with E-state index >= 15 is 4.57 Å². The van der Waals surface area contributed by atoms with Crippen molar-refractivity contribution in [3.63, 3.8) is 0 Å². The summed E-state index contributed by atoms with van der Waals surface area (Å²) in [6.45, 7) is 2.77. The topological polar surface area (TPSA) is 79.4 Å². The van der Waals surface area contributed by atoms with Gasteiger partial charge in [0.25, 0.3) is 7.44 Å². The van der Waals surface area contributed by atoms with Crippen LogP contribution in [0.25, 0.3) is 0 Å². The third-order valence-electron chi connectivity index (χ3n) is 6.76. The molecule has 186 valence electrons. The fourth-order valence-electron chi connectivity index (χ4n) is 5.15. The molecule has 9 heteroatoms. The van der Waals surface area contributed by atoms with Crippen LogP contribution < -0.4 is 23.7 Å². The molecule has 5 rings (SSSR count). The summed E-state index contributed by atoms with van der Waals surface area (Å²) in [4.78, 5) is 28.4. The maximum absolute atomic E-state index is 15.1. The van der Waals surface area contributed by atoms with Gasteiger partial charge in [0.05, 0.1) is 19.9 Å². The highest BCUT2D eigenvalue weighted by Gasteiger charge is 2.58. The molecule has 0 bridgehead atoms. The van der Waals surface area contributed by atoms with Crippen LogP contribution in [0.4, 0.5) is 17.1 Å². The molecule has 2 saturated heterocycles. The summed E-state index contributed by atoms with van der Waals surface area (Å²) in [6, 6.07) is 22.2. The number of rotatable bonds is 6. The first-order chi connectivity index (χ1) is 17.4. The smallest absolute Gasteiger partial charge is 0.275 e. The van der Waals surface area contributed by atoms with Crippen molar-refractivity contribution in [2.75, 3.05) is 41.5 Å². The van der Waals surface area contributed by atoms with E-state index in [-0.39, 0.29) is 12.3 Å². The molecule has 0 N–H and O–H groups in total. The molecule has 0 saturated carbocycles. The molecule has 2 heterocycles. The average molecular weight is 506 g/mol. The van der Waals surface area contributed by atoms with Crippen LogP contribution in [0.15, 0.2) is 72.8 Å². The van der Waals surface area contributed by atoms with Crippen LogP contribution >= 0.6 is 7.44 Å². The average Bonchev–Trinajstić information content (AvgIpc) is 3.40. The Labute approximate surface area is 210 Å². The third kappa shape index (κ3) is 3.73. The van der Waals surface area contributed by atoms with Gasteiger partial charge in [-0.1, -0.05) is 36.4 Å². The van der Waals surface area contributed by atoms with Gasteiger partial charge in [-0.05, 0) is 42.8 Å². The zero-order chi connectivity index (χ0) is 25.4. The number of para-hydroxylation sites is 2. The summed E-state index contributed by atoms with van der Waals surface area (Å²) in [5.74, 6) is 0.0883. The molecular formula is C27H28N3O5P. The summed E-state index contributed by atoms with van der Waals surface area (Å²) in [5, 5.41) is 0. The number of methoxy groups -OCH3 is 2. The van der Waals surface area contributed by atoms with Gasteiger partial charge in [0.2, 0.25) is 11.8 Å². The SMILES string of the molecule is COc1cc(N2C(=O)CC(P3(=O)N(c4ccccc4)CCN3c3ccccc3)C2=O)cc(C)c1OC. The Kier molecular flexibility index (Phi) is 6.22. The van der Waals surface area contributed by atoms with Crippen LogP contribution in [0.3, 0.4) is 0 Å². The van der Waals surface area contributed by atoms with E-state index in [2.05, 4.69) is 0 Å². The highest BCUT2D eigenvalue weighted by Crippen LogP contribution is 2.65. The van der Waals surface area contributed by atoms with Crippen molar-refractivity contribution in [1.82, 2.24) is 0 Å². The summed E-state index contributed by atoms with van der Waals surface area (Å²) in [5.41, 5.74) is 1.62. The van der Waals surface area contributed by atoms with Gasteiger partial charge in [-0.2, -0.15) is 0 Å². The summed E-state index contributed by atoms with van der Waals surface area (Å²) in [6.07, 6.45) is -0.143. The Morgan fingerprint density at radius 2 is 1.36 bits per heavy atom. The second kappa shape index (κ2) is 9.36. The lowest BCUT2D eigenvalue weighted by Gasteiger charge is -2.35. The van der Waals surface area contributed by atoms with Crippen molar-refractivity contribution in [3.8, 4) is 11.5 Å². The number of carbonyl (C=O) groups excluding carboxylic acids is 2. The maximum Gasteiger partial charge on any atom is 0.275 e. The van der Waals surface area contributed by atoms with E-state index in [1.165, 1.54) is 14.2 Å². The molecule has 2 aliphatic rings. The minimum Gasteiger partial charge on any atom is -0.493 e. The van der Waals surface area contributed by atoms with Crippen LogP contribution in [-0.4, -0.2) is 44.8 Å². The fourth-order valence-corrected chi connectivity index (χ4v) is 8.56.